The summed E-state index contributed by atoms with van der Waals surface area (Å²) in [5.41, 5.74) is 1.07. The molecule has 0 aliphatic carbocycles. The number of hydrogen-bond acceptors (Lipinski definition) is 4. The number of amides is 1. The second kappa shape index (κ2) is 6.37. The summed E-state index contributed by atoms with van der Waals surface area (Å²) in [7, 11) is 0. The fourth-order valence-electron chi connectivity index (χ4n) is 3.87. The molecule has 7 heteroatoms. The molecule has 2 aliphatic heterocycles. The van der Waals surface area contributed by atoms with Crippen LogP contribution in [-0.4, -0.2) is 41.9 Å². The van der Waals surface area contributed by atoms with E-state index >= 15 is 0 Å². The predicted octanol–water partition coefficient (Wildman–Crippen LogP) is 1.87. The number of carbonyl (C=O) groups is 1. The Balaban J connectivity index is 1.54. The van der Waals surface area contributed by atoms with E-state index in [9.17, 15) is 4.79 Å². The quantitative estimate of drug-likeness (QED) is 0.862. The summed E-state index contributed by atoms with van der Waals surface area (Å²) in [5, 5.41) is 13.1. The first-order valence-electron chi connectivity index (χ1n) is 8.93. The van der Waals surface area contributed by atoms with E-state index in [-0.39, 0.29) is 11.9 Å². The fourth-order valence-corrected chi connectivity index (χ4v) is 3.87. The monoisotopic (exact) mass is 328 g/mol. The highest BCUT2D eigenvalue weighted by Crippen LogP contribution is 2.32. The van der Waals surface area contributed by atoms with Gasteiger partial charge in [-0.3, -0.25) is 9.48 Å². The Hall–Kier alpha value is -2.18. The van der Waals surface area contributed by atoms with Crippen molar-refractivity contribution in [3.05, 3.63) is 29.6 Å². The van der Waals surface area contributed by atoms with Crippen molar-refractivity contribution in [1.82, 2.24) is 29.4 Å². The summed E-state index contributed by atoms with van der Waals surface area (Å²) >= 11 is 0. The van der Waals surface area contributed by atoms with Crippen LogP contribution in [0.15, 0.2) is 12.4 Å². The van der Waals surface area contributed by atoms with E-state index in [2.05, 4.69) is 19.9 Å². The molecule has 1 atom stereocenters. The third-order valence-corrected chi connectivity index (χ3v) is 5.07. The van der Waals surface area contributed by atoms with Crippen LogP contribution in [0.3, 0.4) is 0 Å². The van der Waals surface area contributed by atoms with Gasteiger partial charge in [-0.1, -0.05) is 6.42 Å². The van der Waals surface area contributed by atoms with Crippen LogP contribution in [0.1, 0.15) is 55.4 Å². The van der Waals surface area contributed by atoms with Gasteiger partial charge in [-0.05, 0) is 38.2 Å². The molecular formula is C17H24N6O. The maximum absolute atomic E-state index is 12.8. The van der Waals surface area contributed by atoms with Gasteiger partial charge in [-0.2, -0.15) is 5.10 Å². The Morgan fingerprint density at radius 2 is 2.12 bits per heavy atom. The molecule has 0 aromatic carbocycles. The SMILES string of the molecule is Cc1cnn(CC(=O)N2CCC[C@H]2c2nnc3n2CCCCC3)c1. The van der Waals surface area contributed by atoms with Crippen molar-refractivity contribution in [3.8, 4) is 0 Å². The zero-order valence-corrected chi connectivity index (χ0v) is 14.2. The predicted molar refractivity (Wildman–Crippen MR) is 88.2 cm³/mol. The topological polar surface area (TPSA) is 68.8 Å². The van der Waals surface area contributed by atoms with Crippen molar-refractivity contribution in [2.45, 2.75) is 64.6 Å². The van der Waals surface area contributed by atoms with Crippen molar-refractivity contribution in [1.29, 1.82) is 0 Å². The lowest BCUT2D eigenvalue weighted by Crippen LogP contribution is -2.34. The Labute approximate surface area is 141 Å². The van der Waals surface area contributed by atoms with Crippen LogP contribution in [-0.2, 0) is 24.3 Å². The summed E-state index contributed by atoms with van der Waals surface area (Å²) < 4.78 is 3.98. The van der Waals surface area contributed by atoms with E-state index in [1.165, 1.54) is 19.3 Å². The zero-order chi connectivity index (χ0) is 16.5. The molecule has 1 fully saturated rings. The van der Waals surface area contributed by atoms with Gasteiger partial charge in [0, 0.05) is 25.7 Å². The van der Waals surface area contributed by atoms with E-state index in [0.29, 0.717) is 6.54 Å². The molecule has 0 saturated carbocycles. The second-order valence-electron chi connectivity index (χ2n) is 6.90. The molecule has 0 spiro atoms. The van der Waals surface area contributed by atoms with Crippen molar-refractivity contribution < 1.29 is 4.79 Å². The van der Waals surface area contributed by atoms with Gasteiger partial charge in [0.05, 0.1) is 12.2 Å². The second-order valence-corrected chi connectivity index (χ2v) is 6.90. The van der Waals surface area contributed by atoms with Crippen LogP contribution in [0.4, 0.5) is 0 Å². The largest absolute Gasteiger partial charge is 0.331 e. The maximum atomic E-state index is 12.8. The van der Waals surface area contributed by atoms with Crippen molar-refractivity contribution in [2.24, 2.45) is 0 Å². The summed E-state index contributed by atoms with van der Waals surface area (Å²) in [6.45, 7) is 4.06. The average Bonchev–Trinajstić information content (AvgIpc) is 3.24. The summed E-state index contributed by atoms with van der Waals surface area (Å²) in [5.74, 6) is 2.19. The molecule has 4 rings (SSSR count). The molecular weight excluding hydrogens is 304 g/mol. The average molecular weight is 328 g/mol. The molecule has 24 heavy (non-hydrogen) atoms. The molecule has 0 radical (unpaired) electrons. The van der Waals surface area contributed by atoms with E-state index in [0.717, 1.165) is 49.6 Å². The van der Waals surface area contributed by atoms with Crippen LogP contribution >= 0.6 is 0 Å². The van der Waals surface area contributed by atoms with Crippen molar-refractivity contribution in [3.63, 3.8) is 0 Å². The number of hydrogen-bond donors (Lipinski definition) is 0. The molecule has 7 nitrogen and oxygen atoms in total. The number of fused-ring (bicyclic) bond motifs is 1. The normalized spacial score (nSPS) is 20.9. The Bertz CT molecular complexity index is 733. The first kappa shape index (κ1) is 15.4. The molecule has 4 heterocycles. The first-order chi connectivity index (χ1) is 11.7. The van der Waals surface area contributed by atoms with Gasteiger partial charge >= 0.3 is 0 Å². The third kappa shape index (κ3) is 2.83. The molecule has 0 N–H and O–H groups in total. The van der Waals surface area contributed by atoms with Crippen LogP contribution in [0.5, 0.6) is 0 Å². The van der Waals surface area contributed by atoms with Gasteiger partial charge in [0.25, 0.3) is 0 Å². The molecule has 0 unspecified atom stereocenters. The molecule has 1 amide bonds. The van der Waals surface area contributed by atoms with Crippen LogP contribution in [0, 0.1) is 6.92 Å². The van der Waals surface area contributed by atoms with E-state index in [1.54, 1.807) is 10.9 Å². The summed E-state index contributed by atoms with van der Waals surface area (Å²) in [6, 6.07) is 0.0634. The first-order valence-corrected chi connectivity index (χ1v) is 8.93. The smallest absolute Gasteiger partial charge is 0.244 e. The van der Waals surface area contributed by atoms with Gasteiger partial charge < -0.3 is 9.47 Å². The Morgan fingerprint density at radius 1 is 1.21 bits per heavy atom. The fraction of sp³-hybridized carbons (Fsp3) is 0.647. The van der Waals surface area contributed by atoms with Crippen molar-refractivity contribution in [2.75, 3.05) is 6.54 Å². The molecule has 0 bridgehead atoms. The molecule has 2 aromatic heterocycles. The Morgan fingerprint density at radius 3 is 2.96 bits per heavy atom. The number of carbonyl (C=O) groups excluding carboxylic acids is 1. The van der Waals surface area contributed by atoms with Gasteiger partial charge in [0.1, 0.15) is 12.4 Å². The third-order valence-electron chi connectivity index (χ3n) is 5.07. The minimum atomic E-state index is 0.0634. The van der Waals surface area contributed by atoms with Crippen LogP contribution in [0.2, 0.25) is 0 Å². The van der Waals surface area contributed by atoms with Gasteiger partial charge in [0.15, 0.2) is 5.82 Å². The standard InChI is InChI=1S/C17H24N6O/c1-13-10-18-21(11-13)12-16(24)22-9-5-6-14(22)17-20-19-15-7-3-2-4-8-23(15)17/h10-11,14H,2-9,12H2,1H3/t14-/m0/s1. The number of aromatic nitrogens is 5. The summed E-state index contributed by atoms with van der Waals surface area (Å²) in [4.78, 5) is 14.7. The van der Waals surface area contributed by atoms with Crippen LogP contribution in [0.25, 0.3) is 0 Å². The number of likely N-dealkylation sites (tertiary alicyclic amines) is 1. The molecule has 128 valence electrons. The van der Waals surface area contributed by atoms with E-state index in [1.807, 2.05) is 18.0 Å². The minimum Gasteiger partial charge on any atom is -0.331 e. The lowest BCUT2D eigenvalue weighted by molar-refractivity contribution is -0.133. The Kier molecular flexibility index (Phi) is 4.08. The maximum Gasteiger partial charge on any atom is 0.244 e. The molecule has 2 aliphatic rings. The van der Waals surface area contributed by atoms with Gasteiger partial charge in [0.2, 0.25) is 5.91 Å². The lowest BCUT2D eigenvalue weighted by atomic mass is 10.2. The molecule has 1 saturated heterocycles. The lowest BCUT2D eigenvalue weighted by Gasteiger charge is -2.24. The zero-order valence-electron chi connectivity index (χ0n) is 14.2. The minimum absolute atomic E-state index is 0.0634. The highest BCUT2D eigenvalue weighted by Gasteiger charge is 2.34. The van der Waals surface area contributed by atoms with E-state index < -0.39 is 0 Å². The van der Waals surface area contributed by atoms with Crippen LogP contribution < -0.4 is 0 Å². The number of aryl methyl sites for hydroxylation is 2. The highest BCUT2D eigenvalue weighted by molar-refractivity contribution is 5.76. The number of nitrogens with zero attached hydrogens (tertiary/aromatic N) is 6. The van der Waals surface area contributed by atoms with Crippen molar-refractivity contribution >= 4 is 5.91 Å². The van der Waals surface area contributed by atoms with Gasteiger partial charge in [-0.15, -0.1) is 10.2 Å². The number of rotatable bonds is 3. The van der Waals surface area contributed by atoms with E-state index in [4.69, 9.17) is 0 Å². The summed E-state index contributed by atoms with van der Waals surface area (Å²) in [6.07, 6.45) is 10.3. The van der Waals surface area contributed by atoms with Gasteiger partial charge in [-0.25, -0.2) is 0 Å². The molecule has 2 aromatic rings. The highest BCUT2D eigenvalue weighted by atomic mass is 16.2.